The van der Waals surface area contributed by atoms with Gasteiger partial charge in [0.2, 0.25) is 0 Å². The Bertz CT molecular complexity index is 601. The lowest BCUT2D eigenvalue weighted by Crippen LogP contribution is -2.13. The standard InChI is InChI=1S/C12H11NO3S/c1-6(2)11-13-9-7(10(14)12(15)16)4-3-5-8(9)17-11/h3-6H,1-2H3,(H,15,16). The van der Waals surface area contributed by atoms with E-state index in [2.05, 4.69) is 4.98 Å². The number of benzene rings is 1. The summed E-state index contributed by atoms with van der Waals surface area (Å²) in [5.41, 5.74) is 0.659. The summed E-state index contributed by atoms with van der Waals surface area (Å²) in [4.78, 5) is 26.6. The van der Waals surface area contributed by atoms with Gasteiger partial charge in [-0.05, 0) is 12.1 Å². The van der Waals surface area contributed by atoms with Gasteiger partial charge in [0.15, 0.2) is 0 Å². The van der Waals surface area contributed by atoms with Crippen LogP contribution in [0.3, 0.4) is 0 Å². The van der Waals surface area contributed by atoms with Crippen LogP contribution in [-0.4, -0.2) is 21.8 Å². The number of aromatic nitrogens is 1. The van der Waals surface area contributed by atoms with Crippen molar-refractivity contribution >= 4 is 33.3 Å². The van der Waals surface area contributed by atoms with Crippen LogP contribution in [0, 0.1) is 0 Å². The first kappa shape index (κ1) is 11.7. The molecular formula is C12H11NO3S. The van der Waals surface area contributed by atoms with Crippen LogP contribution < -0.4 is 0 Å². The van der Waals surface area contributed by atoms with Crippen LogP contribution in [0.2, 0.25) is 0 Å². The van der Waals surface area contributed by atoms with Gasteiger partial charge in [-0.1, -0.05) is 19.9 Å². The number of thiazole rings is 1. The van der Waals surface area contributed by atoms with E-state index < -0.39 is 11.8 Å². The molecule has 0 atom stereocenters. The van der Waals surface area contributed by atoms with Crippen molar-refractivity contribution in [1.82, 2.24) is 4.98 Å². The van der Waals surface area contributed by atoms with E-state index in [1.165, 1.54) is 17.4 Å². The van der Waals surface area contributed by atoms with Gasteiger partial charge < -0.3 is 5.11 Å². The molecule has 0 spiro atoms. The maximum atomic E-state index is 11.5. The highest BCUT2D eigenvalue weighted by Crippen LogP contribution is 2.29. The monoisotopic (exact) mass is 249 g/mol. The second kappa shape index (κ2) is 4.25. The second-order valence-electron chi connectivity index (χ2n) is 3.99. The van der Waals surface area contributed by atoms with Crippen molar-refractivity contribution in [3.05, 3.63) is 28.8 Å². The topological polar surface area (TPSA) is 67.3 Å². The molecule has 0 aliphatic rings. The van der Waals surface area contributed by atoms with Crippen LogP contribution in [0.25, 0.3) is 10.2 Å². The third-order valence-electron chi connectivity index (χ3n) is 2.37. The number of ketones is 1. The molecule has 2 aromatic rings. The Morgan fingerprint density at radius 3 is 2.65 bits per heavy atom. The van der Waals surface area contributed by atoms with Crippen molar-refractivity contribution in [1.29, 1.82) is 0 Å². The lowest BCUT2D eigenvalue weighted by atomic mass is 10.1. The second-order valence-corrected chi connectivity index (χ2v) is 5.06. The van der Waals surface area contributed by atoms with E-state index in [9.17, 15) is 9.59 Å². The van der Waals surface area contributed by atoms with Gasteiger partial charge in [-0.15, -0.1) is 11.3 Å². The number of carbonyl (C=O) groups excluding carboxylic acids is 1. The lowest BCUT2D eigenvalue weighted by Gasteiger charge is -1.97. The number of rotatable bonds is 3. The van der Waals surface area contributed by atoms with Gasteiger partial charge in [0, 0.05) is 5.92 Å². The third-order valence-corrected chi connectivity index (χ3v) is 3.69. The minimum atomic E-state index is -1.45. The van der Waals surface area contributed by atoms with Gasteiger partial charge in [-0.2, -0.15) is 0 Å². The van der Waals surface area contributed by atoms with Crippen molar-refractivity contribution < 1.29 is 14.7 Å². The highest BCUT2D eigenvalue weighted by Gasteiger charge is 2.20. The quantitative estimate of drug-likeness (QED) is 0.670. The minimum Gasteiger partial charge on any atom is -0.475 e. The van der Waals surface area contributed by atoms with Crippen LogP contribution in [0.4, 0.5) is 0 Å². The molecule has 0 saturated carbocycles. The van der Waals surface area contributed by atoms with E-state index in [1.54, 1.807) is 6.07 Å². The molecule has 2 rings (SSSR count). The van der Waals surface area contributed by atoms with Gasteiger partial charge in [-0.25, -0.2) is 9.78 Å². The normalized spacial score (nSPS) is 11.0. The lowest BCUT2D eigenvalue weighted by molar-refractivity contribution is -0.131. The molecule has 88 valence electrons. The SMILES string of the molecule is CC(C)c1nc2c(C(=O)C(=O)O)cccc2s1. The van der Waals surface area contributed by atoms with Crippen LogP contribution >= 0.6 is 11.3 Å². The molecule has 0 unspecified atom stereocenters. The molecule has 1 heterocycles. The molecular weight excluding hydrogens is 238 g/mol. The van der Waals surface area contributed by atoms with E-state index >= 15 is 0 Å². The Balaban J connectivity index is 2.65. The minimum absolute atomic E-state index is 0.165. The molecule has 1 N–H and O–H groups in total. The van der Waals surface area contributed by atoms with Gasteiger partial charge in [-0.3, -0.25) is 4.79 Å². The van der Waals surface area contributed by atoms with Crippen molar-refractivity contribution in [3.63, 3.8) is 0 Å². The number of hydrogen-bond acceptors (Lipinski definition) is 4. The molecule has 1 aromatic carbocycles. The smallest absolute Gasteiger partial charge is 0.377 e. The fourth-order valence-electron chi connectivity index (χ4n) is 1.51. The fourth-order valence-corrected chi connectivity index (χ4v) is 2.51. The maximum absolute atomic E-state index is 11.5. The van der Waals surface area contributed by atoms with Gasteiger partial charge in [0.05, 0.1) is 20.8 Å². The fraction of sp³-hybridized carbons (Fsp3) is 0.250. The van der Waals surface area contributed by atoms with Gasteiger partial charge in [0.25, 0.3) is 5.78 Å². The summed E-state index contributed by atoms with van der Waals surface area (Å²) in [5, 5.41) is 9.64. The molecule has 4 nitrogen and oxygen atoms in total. The summed E-state index contributed by atoms with van der Waals surface area (Å²) >= 11 is 1.49. The predicted octanol–water partition coefficient (Wildman–Crippen LogP) is 2.69. The Morgan fingerprint density at radius 1 is 1.35 bits per heavy atom. The molecule has 17 heavy (non-hydrogen) atoms. The molecule has 0 saturated heterocycles. The summed E-state index contributed by atoms with van der Waals surface area (Å²) in [6, 6.07) is 5.03. The van der Waals surface area contributed by atoms with Crippen LogP contribution in [0.15, 0.2) is 18.2 Å². The molecule has 5 heteroatoms. The van der Waals surface area contributed by atoms with Gasteiger partial charge >= 0.3 is 5.97 Å². The summed E-state index contributed by atoms with van der Waals surface area (Å²) in [6.07, 6.45) is 0. The Hall–Kier alpha value is -1.75. The highest BCUT2D eigenvalue weighted by atomic mass is 32.1. The Kier molecular flexibility index (Phi) is 2.93. The number of nitrogens with zero attached hydrogens (tertiary/aromatic N) is 1. The number of para-hydroxylation sites is 1. The van der Waals surface area contributed by atoms with E-state index in [0.717, 1.165) is 9.71 Å². The van der Waals surface area contributed by atoms with Crippen LogP contribution in [0.5, 0.6) is 0 Å². The van der Waals surface area contributed by atoms with Crippen molar-refractivity contribution in [2.75, 3.05) is 0 Å². The van der Waals surface area contributed by atoms with E-state index in [4.69, 9.17) is 5.11 Å². The summed E-state index contributed by atoms with van der Waals surface area (Å²) in [6.45, 7) is 4.02. The molecule has 0 amide bonds. The first-order valence-electron chi connectivity index (χ1n) is 5.17. The van der Waals surface area contributed by atoms with Crippen molar-refractivity contribution in [2.24, 2.45) is 0 Å². The summed E-state index contributed by atoms with van der Waals surface area (Å²) in [5.74, 6) is -2.09. The Labute approximate surface area is 102 Å². The third kappa shape index (κ3) is 2.06. The number of fused-ring (bicyclic) bond motifs is 1. The Morgan fingerprint density at radius 2 is 2.06 bits per heavy atom. The molecule has 0 aliphatic heterocycles. The summed E-state index contributed by atoms with van der Waals surface area (Å²) < 4.78 is 0.848. The first-order chi connectivity index (χ1) is 8.00. The molecule has 0 bridgehead atoms. The average molecular weight is 249 g/mol. The molecule has 0 fully saturated rings. The largest absolute Gasteiger partial charge is 0.475 e. The van der Waals surface area contributed by atoms with E-state index in [-0.39, 0.29) is 11.5 Å². The highest BCUT2D eigenvalue weighted by molar-refractivity contribution is 7.18. The van der Waals surface area contributed by atoms with Crippen LogP contribution in [-0.2, 0) is 4.79 Å². The summed E-state index contributed by atoms with van der Waals surface area (Å²) in [7, 11) is 0. The molecule has 0 aliphatic carbocycles. The zero-order valence-electron chi connectivity index (χ0n) is 9.43. The average Bonchev–Trinajstić information content (AvgIpc) is 2.71. The zero-order valence-corrected chi connectivity index (χ0v) is 10.2. The number of aliphatic carboxylic acids is 1. The zero-order chi connectivity index (χ0) is 12.6. The van der Waals surface area contributed by atoms with E-state index in [1.807, 2.05) is 19.9 Å². The number of carboxylic acids is 1. The molecule has 0 radical (unpaired) electrons. The van der Waals surface area contributed by atoms with Crippen molar-refractivity contribution in [3.8, 4) is 0 Å². The molecule has 1 aromatic heterocycles. The number of carbonyl (C=O) groups is 2. The van der Waals surface area contributed by atoms with Gasteiger partial charge in [0.1, 0.15) is 0 Å². The number of carboxylic acid groups (broad SMARTS) is 1. The number of hydrogen-bond donors (Lipinski definition) is 1. The first-order valence-corrected chi connectivity index (χ1v) is 5.99. The van der Waals surface area contributed by atoms with Crippen LogP contribution in [0.1, 0.15) is 35.1 Å². The van der Waals surface area contributed by atoms with Crippen molar-refractivity contribution in [2.45, 2.75) is 19.8 Å². The predicted molar refractivity (Wildman–Crippen MR) is 65.7 cm³/mol. The maximum Gasteiger partial charge on any atom is 0.377 e. The number of Topliss-reactive ketones (excluding diaryl/α,β-unsaturated/α-hetero) is 1. The van der Waals surface area contributed by atoms with E-state index in [0.29, 0.717) is 5.52 Å².